The highest BCUT2D eigenvalue weighted by atomic mass is 19.1. The van der Waals surface area contributed by atoms with Gasteiger partial charge in [0.1, 0.15) is 11.5 Å². The summed E-state index contributed by atoms with van der Waals surface area (Å²) in [6.07, 6.45) is 2.87. The van der Waals surface area contributed by atoms with E-state index in [-0.39, 0.29) is 12.5 Å². The van der Waals surface area contributed by atoms with E-state index in [2.05, 4.69) is 25.3 Å². The summed E-state index contributed by atoms with van der Waals surface area (Å²) in [5, 5.41) is 12.8. The van der Waals surface area contributed by atoms with E-state index in [1.807, 2.05) is 49.4 Å². The summed E-state index contributed by atoms with van der Waals surface area (Å²) in [5.41, 5.74) is 12.0. The van der Waals surface area contributed by atoms with Gasteiger partial charge in [0.25, 0.3) is 0 Å². The van der Waals surface area contributed by atoms with Crippen molar-refractivity contribution in [1.82, 2.24) is 29.4 Å². The Balaban J connectivity index is 1.65. The molecule has 0 saturated carbocycles. The van der Waals surface area contributed by atoms with Crippen molar-refractivity contribution in [2.75, 3.05) is 5.73 Å². The summed E-state index contributed by atoms with van der Waals surface area (Å²) in [6, 6.07) is 16.6. The quantitative estimate of drug-likeness (QED) is 0.413. The Labute approximate surface area is 197 Å². The number of benzene rings is 2. The Kier molecular flexibility index (Phi) is 4.66. The Morgan fingerprint density at radius 3 is 2.69 bits per heavy atom. The molecule has 4 aromatic heterocycles. The largest absolute Gasteiger partial charge is 0.411 e. The second-order valence-corrected chi connectivity index (χ2v) is 8.32. The van der Waals surface area contributed by atoms with Crippen molar-refractivity contribution in [3.63, 3.8) is 0 Å². The lowest BCUT2D eigenvalue weighted by Gasteiger charge is -2.10. The van der Waals surface area contributed by atoms with Gasteiger partial charge in [-0.3, -0.25) is 15.8 Å². The third-order valence-corrected chi connectivity index (χ3v) is 6.00. The Morgan fingerprint density at radius 2 is 1.91 bits per heavy atom. The molecule has 172 valence electrons. The van der Waals surface area contributed by atoms with Gasteiger partial charge in [0.05, 0.1) is 35.7 Å². The number of aromatic nitrogens is 7. The number of nitrogens with zero attached hydrogens (tertiary/aromatic N) is 5. The molecule has 0 atom stereocenters. The van der Waals surface area contributed by atoms with Gasteiger partial charge >= 0.3 is 11.6 Å². The van der Waals surface area contributed by atoms with Gasteiger partial charge in [-0.15, -0.1) is 9.50 Å². The predicted octanol–water partition coefficient (Wildman–Crippen LogP) is 2.99. The smallest absolute Gasteiger partial charge is 0.290 e. The van der Waals surface area contributed by atoms with E-state index in [0.717, 1.165) is 45.0 Å². The van der Waals surface area contributed by atoms with Crippen molar-refractivity contribution in [1.29, 1.82) is 0 Å². The topological polar surface area (TPSA) is 121 Å². The minimum atomic E-state index is -0.449. The van der Waals surface area contributed by atoms with Gasteiger partial charge < -0.3 is 0 Å². The van der Waals surface area contributed by atoms with E-state index in [1.54, 1.807) is 6.20 Å². The molecule has 6 rings (SSSR count). The van der Waals surface area contributed by atoms with Crippen LogP contribution in [0.25, 0.3) is 38.9 Å². The number of hydrogen-bond acceptors (Lipinski definition) is 5. The Hall–Kier alpha value is -4.86. The van der Waals surface area contributed by atoms with Crippen molar-refractivity contribution in [3.8, 4) is 22.4 Å². The van der Waals surface area contributed by atoms with Crippen LogP contribution >= 0.6 is 0 Å². The van der Waals surface area contributed by atoms with Crippen molar-refractivity contribution < 1.29 is 9.37 Å². The van der Waals surface area contributed by atoms with E-state index in [4.69, 9.17) is 5.73 Å². The standard InChI is InChI=1S/C25H19FN8O/c1-14-9-16(10-17-11-29-31-21(14)17)20-22(15-5-3-2-4-6-15)30-24(27)34-23(20)32-33(25(34)35)13-19-8-7-18(26)12-28-19/h2-12H,13H2,1H3,(H2,27,30)(H,29,31)/p+1. The van der Waals surface area contributed by atoms with Crippen molar-refractivity contribution in [3.05, 3.63) is 94.5 Å². The predicted molar refractivity (Wildman–Crippen MR) is 129 cm³/mol. The van der Waals surface area contributed by atoms with Crippen LogP contribution < -0.4 is 16.4 Å². The molecular formula is C25H20FN8O+. The van der Waals surface area contributed by atoms with E-state index >= 15 is 0 Å². The molecule has 0 radical (unpaired) electrons. The lowest BCUT2D eigenvalue weighted by Crippen LogP contribution is -2.28. The first-order chi connectivity index (χ1) is 17.0. The fraction of sp³-hybridized carbons (Fsp3) is 0.0800. The molecule has 0 saturated heterocycles. The minimum absolute atomic E-state index is 0.0696. The highest BCUT2D eigenvalue weighted by Gasteiger charge is 2.26. The van der Waals surface area contributed by atoms with Crippen LogP contribution in [0.3, 0.4) is 0 Å². The van der Waals surface area contributed by atoms with Crippen LogP contribution in [-0.4, -0.2) is 29.4 Å². The molecule has 0 aliphatic rings. The number of pyridine rings is 1. The third-order valence-electron chi connectivity index (χ3n) is 6.00. The van der Waals surface area contributed by atoms with Gasteiger partial charge in [-0.1, -0.05) is 30.3 Å². The molecule has 10 heteroatoms. The summed E-state index contributed by atoms with van der Waals surface area (Å²) >= 11 is 0. The number of nitrogens with two attached hydrogens (primary N) is 1. The summed E-state index contributed by atoms with van der Waals surface area (Å²) in [7, 11) is 0. The molecule has 9 nitrogen and oxygen atoms in total. The number of aryl methyl sites for hydroxylation is 1. The fourth-order valence-corrected chi connectivity index (χ4v) is 4.38. The number of nitrogen functional groups attached to an aromatic ring is 1. The number of nitrogens with one attached hydrogen (secondary N) is 2. The molecule has 0 bridgehead atoms. The molecule has 0 unspecified atom stereocenters. The van der Waals surface area contributed by atoms with E-state index in [9.17, 15) is 9.18 Å². The maximum atomic E-state index is 13.3. The second kappa shape index (κ2) is 7.87. The zero-order valence-corrected chi connectivity index (χ0v) is 18.7. The van der Waals surface area contributed by atoms with Crippen molar-refractivity contribution in [2.24, 2.45) is 0 Å². The maximum absolute atomic E-state index is 13.3. The van der Waals surface area contributed by atoms with Crippen molar-refractivity contribution in [2.45, 2.75) is 13.5 Å². The number of aromatic amines is 2. The van der Waals surface area contributed by atoms with Crippen LogP contribution in [-0.2, 0) is 6.54 Å². The second-order valence-electron chi connectivity index (χ2n) is 8.32. The van der Waals surface area contributed by atoms with Gasteiger partial charge in [-0.25, -0.2) is 14.2 Å². The van der Waals surface area contributed by atoms with Gasteiger partial charge in [-0.05, 0) is 42.3 Å². The highest BCUT2D eigenvalue weighted by Crippen LogP contribution is 2.34. The Bertz CT molecular complexity index is 1770. The molecule has 4 N–H and O–H groups in total. The molecule has 0 fully saturated rings. The van der Waals surface area contributed by atoms with Crippen LogP contribution in [0.4, 0.5) is 10.3 Å². The van der Waals surface area contributed by atoms with Gasteiger partial charge in [0.15, 0.2) is 0 Å². The molecule has 0 aliphatic heterocycles. The minimum Gasteiger partial charge on any atom is -0.290 e. The zero-order valence-electron chi connectivity index (χ0n) is 18.7. The average molecular weight is 467 g/mol. The number of halogens is 1. The van der Waals surface area contributed by atoms with Crippen LogP contribution in [0.5, 0.6) is 0 Å². The number of anilines is 1. The van der Waals surface area contributed by atoms with Crippen LogP contribution in [0.1, 0.15) is 11.3 Å². The fourth-order valence-electron chi connectivity index (χ4n) is 4.38. The molecule has 0 spiro atoms. The summed E-state index contributed by atoms with van der Waals surface area (Å²) in [5.74, 6) is -0.304. The zero-order chi connectivity index (χ0) is 24.1. The molecule has 2 aromatic carbocycles. The third kappa shape index (κ3) is 3.43. The lowest BCUT2D eigenvalue weighted by atomic mass is 9.97. The Morgan fingerprint density at radius 1 is 1.09 bits per heavy atom. The molecule has 0 aliphatic carbocycles. The number of H-pyrrole nitrogens is 2. The van der Waals surface area contributed by atoms with Gasteiger partial charge in [0.2, 0.25) is 5.65 Å². The van der Waals surface area contributed by atoms with Gasteiger partial charge in [-0.2, -0.15) is 9.78 Å². The van der Waals surface area contributed by atoms with E-state index < -0.39 is 11.5 Å². The number of rotatable bonds is 4. The number of fused-ring (bicyclic) bond motifs is 2. The van der Waals surface area contributed by atoms with Crippen LogP contribution in [0, 0.1) is 12.7 Å². The molecular weight excluding hydrogens is 447 g/mol. The molecule has 0 amide bonds. The lowest BCUT2D eigenvalue weighted by molar-refractivity contribution is -0.351. The summed E-state index contributed by atoms with van der Waals surface area (Å²) < 4.78 is 15.9. The molecule has 4 heterocycles. The van der Waals surface area contributed by atoms with Crippen LogP contribution in [0.15, 0.2) is 71.8 Å². The monoisotopic (exact) mass is 467 g/mol. The van der Waals surface area contributed by atoms with E-state index in [0.29, 0.717) is 11.3 Å². The first kappa shape index (κ1) is 20.7. The van der Waals surface area contributed by atoms with Gasteiger partial charge in [0, 0.05) is 10.9 Å². The first-order valence-corrected chi connectivity index (χ1v) is 10.9. The average Bonchev–Trinajstić information content (AvgIpc) is 3.46. The molecule has 6 aromatic rings. The normalized spacial score (nSPS) is 11.5. The maximum Gasteiger partial charge on any atom is 0.411 e. The number of hydrogen-bond donors (Lipinski definition) is 2. The van der Waals surface area contributed by atoms with Crippen molar-refractivity contribution >= 4 is 22.5 Å². The highest BCUT2D eigenvalue weighted by molar-refractivity contribution is 5.94. The summed E-state index contributed by atoms with van der Waals surface area (Å²) in [6.45, 7) is 2.07. The van der Waals surface area contributed by atoms with E-state index in [1.165, 1.54) is 21.2 Å². The first-order valence-electron chi connectivity index (χ1n) is 10.9. The van der Waals surface area contributed by atoms with Crippen LogP contribution in [0.2, 0.25) is 0 Å². The SMILES string of the molecule is Cc1cc(-c2c(-c3ccccc3)[nH+]c(N)n3c(=O)n(Cc4ccc(F)cn4)nc23)cc2cn[nH]c12. The summed E-state index contributed by atoms with van der Waals surface area (Å²) in [4.78, 5) is 20.6. The molecule has 35 heavy (non-hydrogen) atoms.